The molecule has 4 atom stereocenters. The van der Waals surface area contributed by atoms with Gasteiger partial charge in [0.15, 0.2) is 6.29 Å². The molecule has 0 aliphatic rings. The van der Waals surface area contributed by atoms with Crippen LogP contribution in [0.3, 0.4) is 0 Å². The summed E-state index contributed by atoms with van der Waals surface area (Å²) >= 11 is 0. The van der Waals surface area contributed by atoms with Gasteiger partial charge in [0.25, 0.3) is 0 Å². The van der Waals surface area contributed by atoms with Crippen LogP contribution in [0.1, 0.15) is 0 Å². The Labute approximate surface area is 91.2 Å². The Morgan fingerprint density at radius 1 is 1.14 bits per heavy atom. The third kappa shape index (κ3) is 4.19. The summed E-state index contributed by atoms with van der Waals surface area (Å²) in [5, 5.41) is 44.8. The molecule has 0 bridgehead atoms. The van der Waals surface area contributed by atoms with Crippen molar-refractivity contribution in [1.29, 1.82) is 0 Å². The van der Waals surface area contributed by atoms with E-state index in [0.29, 0.717) is 0 Å². The summed E-state index contributed by atoms with van der Waals surface area (Å²) in [6.07, 6.45) is -8.65. The average Bonchev–Trinajstić information content (AvgIpc) is 2.12. The van der Waals surface area contributed by atoms with E-state index in [-0.39, 0.29) is 25.1 Å². The summed E-state index contributed by atoms with van der Waals surface area (Å²) < 4.78 is 0. The maximum atomic E-state index is 9.95. The van der Waals surface area contributed by atoms with Crippen LogP contribution in [0.4, 0.5) is 0 Å². The van der Waals surface area contributed by atoms with E-state index >= 15 is 0 Å². The van der Waals surface area contributed by atoms with Crippen molar-refractivity contribution < 1.29 is 54.0 Å². The Morgan fingerprint density at radius 3 is 1.86 bits per heavy atom. The first-order valence-corrected chi connectivity index (χ1v) is 3.30. The van der Waals surface area contributed by atoms with E-state index in [1.165, 1.54) is 0 Å². The monoisotopic (exact) mass is 200 g/mol. The minimum atomic E-state index is -2.36. The number of aliphatic carboxylic acids is 1. The van der Waals surface area contributed by atoms with Gasteiger partial charge >= 0.3 is 18.9 Å². The van der Waals surface area contributed by atoms with Gasteiger partial charge in [-0.25, -0.2) is 0 Å². The number of rotatable bonds is 5. The van der Waals surface area contributed by atoms with Crippen molar-refractivity contribution >= 4 is 12.3 Å². The second kappa shape index (κ2) is 6.95. The second-order valence-electron chi connectivity index (χ2n) is 2.37. The van der Waals surface area contributed by atoms with E-state index in [4.69, 9.17) is 20.4 Å². The number of hydrogen-bond acceptors (Lipinski definition) is 7. The molecule has 8 heteroatoms. The van der Waals surface area contributed by atoms with Gasteiger partial charge < -0.3 is 35.1 Å². The standard InChI is InChI=1S/C6H10O7.Li/c7-1-2(8)3(9)4(10)5(11)6(12)13;/h1-5,8-11H,(H,12,13);/q;+1/p-1/t2-,3+,4-,5-;/m1./s1. The largest absolute Gasteiger partial charge is 1.00 e. The number of aliphatic hydroxyl groups excluding tert-OH is 4. The summed E-state index contributed by atoms with van der Waals surface area (Å²) in [7, 11) is 0. The number of aliphatic hydroxyl groups is 4. The fourth-order valence-corrected chi connectivity index (χ4v) is 0.609. The fourth-order valence-electron chi connectivity index (χ4n) is 0.609. The van der Waals surface area contributed by atoms with Crippen LogP contribution >= 0.6 is 0 Å². The van der Waals surface area contributed by atoms with Crippen molar-refractivity contribution in [1.82, 2.24) is 0 Å². The normalized spacial score (nSPS) is 18.6. The molecule has 0 saturated heterocycles. The van der Waals surface area contributed by atoms with Gasteiger partial charge in [-0.2, -0.15) is 0 Å². The van der Waals surface area contributed by atoms with Gasteiger partial charge in [0, 0.05) is 0 Å². The van der Waals surface area contributed by atoms with Gasteiger partial charge in [0.2, 0.25) is 0 Å². The van der Waals surface area contributed by atoms with Crippen LogP contribution < -0.4 is 24.0 Å². The first-order valence-electron chi connectivity index (χ1n) is 3.30. The maximum absolute atomic E-state index is 9.95. The molecule has 0 aliphatic heterocycles. The van der Waals surface area contributed by atoms with E-state index in [1.807, 2.05) is 0 Å². The van der Waals surface area contributed by atoms with Gasteiger partial charge in [-0.1, -0.05) is 0 Å². The van der Waals surface area contributed by atoms with Gasteiger partial charge in [-0.05, 0) is 0 Å². The molecular weight excluding hydrogens is 191 g/mol. The smallest absolute Gasteiger partial charge is 0.547 e. The van der Waals surface area contributed by atoms with Crippen molar-refractivity contribution in [3.63, 3.8) is 0 Å². The van der Waals surface area contributed by atoms with Crippen molar-refractivity contribution in [2.24, 2.45) is 0 Å². The molecule has 0 fully saturated rings. The number of carboxylic acid groups (broad SMARTS) is 1. The molecule has 76 valence electrons. The van der Waals surface area contributed by atoms with Gasteiger partial charge in [0.05, 0.1) is 5.97 Å². The zero-order valence-corrected chi connectivity index (χ0v) is 7.40. The molecule has 0 unspecified atom stereocenters. The molecule has 0 saturated carbocycles. The number of carbonyl (C=O) groups excluding carboxylic acids is 2. The fraction of sp³-hybridized carbons (Fsp3) is 0.667. The molecule has 0 heterocycles. The molecule has 0 aliphatic carbocycles. The van der Waals surface area contributed by atoms with Gasteiger partial charge in [-0.15, -0.1) is 0 Å². The molecule has 0 aromatic heterocycles. The van der Waals surface area contributed by atoms with Crippen LogP contribution in [-0.2, 0) is 9.59 Å². The van der Waals surface area contributed by atoms with E-state index < -0.39 is 30.4 Å². The molecule has 14 heavy (non-hydrogen) atoms. The van der Waals surface area contributed by atoms with Crippen LogP contribution in [0.2, 0.25) is 0 Å². The molecular formula is C6H9LiO7. The predicted octanol–water partition coefficient (Wildman–Crippen LogP) is -7.62. The Hall–Kier alpha value is -0.423. The Kier molecular flexibility index (Phi) is 7.95. The number of carbonyl (C=O) groups is 2. The Morgan fingerprint density at radius 2 is 1.57 bits per heavy atom. The second-order valence-corrected chi connectivity index (χ2v) is 2.37. The van der Waals surface area contributed by atoms with Crippen molar-refractivity contribution in [2.45, 2.75) is 24.4 Å². The van der Waals surface area contributed by atoms with Crippen molar-refractivity contribution in [2.75, 3.05) is 0 Å². The van der Waals surface area contributed by atoms with E-state index in [1.54, 1.807) is 0 Å². The zero-order valence-electron chi connectivity index (χ0n) is 7.40. The van der Waals surface area contributed by atoms with Crippen LogP contribution in [0.15, 0.2) is 0 Å². The molecule has 0 aromatic rings. The van der Waals surface area contributed by atoms with Crippen molar-refractivity contribution in [3.05, 3.63) is 0 Å². The van der Waals surface area contributed by atoms with Crippen LogP contribution in [-0.4, -0.2) is 57.1 Å². The van der Waals surface area contributed by atoms with Gasteiger partial charge in [-0.3, -0.25) is 0 Å². The molecule has 0 rings (SSSR count). The van der Waals surface area contributed by atoms with Crippen LogP contribution in [0.25, 0.3) is 0 Å². The first-order chi connectivity index (χ1) is 5.91. The van der Waals surface area contributed by atoms with Gasteiger partial charge in [0.1, 0.15) is 24.4 Å². The summed E-state index contributed by atoms with van der Waals surface area (Å²) in [4.78, 5) is 19.8. The first kappa shape index (κ1) is 16.0. The topological polar surface area (TPSA) is 138 Å². The maximum Gasteiger partial charge on any atom is 1.00 e. The van der Waals surface area contributed by atoms with Crippen LogP contribution in [0.5, 0.6) is 0 Å². The van der Waals surface area contributed by atoms with E-state index in [9.17, 15) is 14.7 Å². The molecule has 0 amide bonds. The minimum Gasteiger partial charge on any atom is -0.547 e. The third-order valence-corrected chi connectivity index (χ3v) is 1.40. The zero-order chi connectivity index (χ0) is 10.6. The number of hydrogen-bond donors (Lipinski definition) is 4. The number of carboxylic acids is 1. The quantitative estimate of drug-likeness (QED) is 0.255. The van der Waals surface area contributed by atoms with E-state index in [2.05, 4.69) is 0 Å². The molecule has 4 N–H and O–H groups in total. The van der Waals surface area contributed by atoms with Crippen molar-refractivity contribution in [3.8, 4) is 0 Å². The average molecular weight is 200 g/mol. The number of aldehydes is 1. The molecule has 0 aromatic carbocycles. The minimum absolute atomic E-state index is 0. The molecule has 0 spiro atoms. The Balaban J connectivity index is 0. The summed E-state index contributed by atoms with van der Waals surface area (Å²) in [5.74, 6) is -2.01. The molecule has 7 nitrogen and oxygen atoms in total. The summed E-state index contributed by atoms with van der Waals surface area (Å²) in [6.45, 7) is 0. The SMILES string of the molecule is O=C[C@@H](O)[C@H](O)[C@@H](O)[C@@H](O)C(=O)[O-].[Li+]. The summed E-state index contributed by atoms with van der Waals surface area (Å²) in [5.41, 5.74) is 0. The van der Waals surface area contributed by atoms with Crippen LogP contribution in [0, 0.1) is 0 Å². The van der Waals surface area contributed by atoms with E-state index in [0.717, 1.165) is 0 Å². The summed E-state index contributed by atoms with van der Waals surface area (Å²) in [6, 6.07) is 0. The predicted molar refractivity (Wildman–Crippen MR) is 35.1 cm³/mol. The molecule has 0 radical (unpaired) electrons. The Bertz CT molecular complexity index is 197. The third-order valence-electron chi connectivity index (χ3n) is 1.40.